The number of phenols is 1. The Labute approximate surface area is 163 Å². The van der Waals surface area contributed by atoms with Crippen molar-refractivity contribution >= 4 is 21.9 Å². The number of rotatable bonds is 2. The Kier molecular flexibility index (Phi) is 4.02. The zero-order valence-electron chi connectivity index (χ0n) is 16.1. The van der Waals surface area contributed by atoms with Gasteiger partial charge in [-0.15, -0.1) is 0 Å². The largest absolute Gasteiger partial charge is 0.507 e. The number of aryl methyl sites for hydroxylation is 2. The highest BCUT2D eigenvalue weighted by molar-refractivity contribution is 5.91. The van der Waals surface area contributed by atoms with Crippen molar-refractivity contribution in [3.05, 3.63) is 47.8 Å². The third kappa shape index (κ3) is 2.81. The van der Waals surface area contributed by atoms with Crippen molar-refractivity contribution in [2.24, 2.45) is 7.05 Å². The first-order chi connectivity index (χ1) is 13.6. The molecule has 0 bridgehead atoms. The Morgan fingerprint density at radius 1 is 1.07 bits per heavy atom. The predicted molar refractivity (Wildman–Crippen MR) is 110 cm³/mol. The summed E-state index contributed by atoms with van der Waals surface area (Å²) >= 11 is 0. The molecule has 1 aliphatic rings. The fourth-order valence-electron chi connectivity index (χ4n) is 4.16. The zero-order chi connectivity index (χ0) is 19.3. The van der Waals surface area contributed by atoms with Gasteiger partial charge in [0.2, 0.25) is 0 Å². The smallest absolute Gasteiger partial charge is 0.130 e. The lowest BCUT2D eigenvalue weighted by atomic mass is 9.94. The summed E-state index contributed by atoms with van der Waals surface area (Å²) in [5.41, 5.74) is 5.96. The molecule has 1 aromatic carbocycles. The second-order valence-corrected chi connectivity index (χ2v) is 7.63. The Morgan fingerprint density at radius 2 is 1.82 bits per heavy atom. The summed E-state index contributed by atoms with van der Waals surface area (Å²) in [6.45, 7) is 4.00. The number of hydrogen-bond acceptors (Lipinski definition) is 5. The number of benzene rings is 1. The monoisotopic (exact) mass is 373 g/mol. The first kappa shape index (κ1) is 17.1. The lowest BCUT2D eigenvalue weighted by Crippen LogP contribution is -2.27. The van der Waals surface area contributed by atoms with E-state index in [1.807, 2.05) is 38.4 Å². The van der Waals surface area contributed by atoms with Crippen LogP contribution < -0.4 is 5.32 Å². The predicted octanol–water partition coefficient (Wildman–Crippen LogP) is 3.66. The Hall–Kier alpha value is -2.99. The SMILES string of the molecule is Cc1c(O)c(-c2ccc3nc(C4CCNCC4)ccc3n2)cc2cn(C)nc12. The maximum absolute atomic E-state index is 10.7. The molecule has 0 amide bonds. The van der Waals surface area contributed by atoms with E-state index in [2.05, 4.69) is 22.5 Å². The maximum Gasteiger partial charge on any atom is 0.130 e. The van der Waals surface area contributed by atoms with Crippen LogP contribution >= 0.6 is 0 Å². The van der Waals surface area contributed by atoms with Gasteiger partial charge in [-0.2, -0.15) is 5.10 Å². The van der Waals surface area contributed by atoms with Gasteiger partial charge >= 0.3 is 0 Å². The minimum Gasteiger partial charge on any atom is -0.507 e. The van der Waals surface area contributed by atoms with Crippen LogP contribution in [0.15, 0.2) is 36.5 Å². The summed E-state index contributed by atoms with van der Waals surface area (Å²) in [4.78, 5) is 9.65. The first-order valence-electron chi connectivity index (χ1n) is 9.75. The molecule has 0 aliphatic carbocycles. The molecule has 142 valence electrons. The number of aromatic nitrogens is 4. The van der Waals surface area contributed by atoms with Crippen LogP contribution in [-0.2, 0) is 7.05 Å². The molecule has 0 radical (unpaired) electrons. The van der Waals surface area contributed by atoms with E-state index in [0.29, 0.717) is 5.92 Å². The molecule has 4 aromatic rings. The van der Waals surface area contributed by atoms with Crippen molar-refractivity contribution in [2.45, 2.75) is 25.7 Å². The van der Waals surface area contributed by atoms with Gasteiger partial charge in [0, 0.05) is 41.4 Å². The molecule has 0 atom stereocenters. The molecule has 6 nitrogen and oxygen atoms in total. The number of nitrogens with zero attached hydrogens (tertiary/aromatic N) is 4. The van der Waals surface area contributed by atoms with Crippen molar-refractivity contribution in [1.29, 1.82) is 0 Å². The topological polar surface area (TPSA) is 75.9 Å². The minimum atomic E-state index is 0.234. The van der Waals surface area contributed by atoms with Gasteiger partial charge in [0.25, 0.3) is 0 Å². The summed E-state index contributed by atoms with van der Waals surface area (Å²) < 4.78 is 1.76. The van der Waals surface area contributed by atoms with Gasteiger partial charge in [-0.3, -0.25) is 9.67 Å². The van der Waals surface area contributed by atoms with Crippen LogP contribution in [0.25, 0.3) is 33.2 Å². The number of hydrogen-bond donors (Lipinski definition) is 2. The van der Waals surface area contributed by atoms with E-state index >= 15 is 0 Å². The van der Waals surface area contributed by atoms with Crippen molar-refractivity contribution in [3.8, 4) is 17.0 Å². The molecule has 6 heteroatoms. The van der Waals surface area contributed by atoms with Crippen molar-refractivity contribution in [3.63, 3.8) is 0 Å². The fourth-order valence-corrected chi connectivity index (χ4v) is 4.16. The molecule has 4 heterocycles. The second kappa shape index (κ2) is 6.56. The number of pyridine rings is 2. The molecule has 2 N–H and O–H groups in total. The standard InChI is InChI=1S/C22H23N5O/c1-13-21-15(12-27(2)26-21)11-16(22(13)28)18-4-6-19-20(25-18)5-3-17(24-19)14-7-9-23-10-8-14/h3-6,11-12,14,23,28H,7-10H2,1-2H3. The van der Waals surface area contributed by atoms with E-state index in [0.717, 1.165) is 70.4 Å². The van der Waals surface area contributed by atoms with Crippen LogP contribution in [-0.4, -0.2) is 37.9 Å². The first-order valence-corrected chi connectivity index (χ1v) is 9.75. The van der Waals surface area contributed by atoms with Gasteiger partial charge in [0.15, 0.2) is 0 Å². The average Bonchev–Trinajstić information content (AvgIpc) is 3.11. The Balaban J connectivity index is 1.58. The number of aromatic hydroxyl groups is 1. The molecule has 0 saturated carbocycles. The van der Waals surface area contributed by atoms with Gasteiger partial charge in [-0.05, 0) is 63.2 Å². The highest BCUT2D eigenvalue weighted by Crippen LogP contribution is 2.36. The van der Waals surface area contributed by atoms with Crippen LogP contribution in [0, 0.1) is 6.92 Å². The van der Waals surface area contributed by atoms with E-state index in [4.69, 9.17) is 9.97 Å². The number of piperidine rings is 1. The second-order valence-electron chi connectivity index (χ2n) is 7.63. The lowest BCUT2D eigenvalue weighted by molar-refractivity contribution is 0.454. The average molecular weight is 373 g/mol. The van der Waals surface area contributed by atoms with Crippen LogP contribution in [0.5, 0.6) is 5.75 Å². The number of phenolic OH excluding ortho intramolecular Hbond substituents is 1. The van der Waals surface area contributed by atoms with E-state index < -0.39 is 0 Å². The van der Waals surface area contributed by atoms with Crippen molar-refractivity contribution < 1.29 is 5.11 Å². The molecular formula is C22H23N5O. The van der Waals surface area contributed by atoms with Crippen molar-refractivity contribution in [1.82, 2.24) is 25.1 Å². The number of fused-ring (bicyclic) bond motifs is 2. The maximum atomic E-state index is 10.7. The van der Waals surface area contributed by atoms with Gasteiger partial charge < -0.3 is 10.4 Å². The molecule has 0 spiro atoms. The normalized spacial score (nSPS) is 15.5. The Bertz CT molecular complexity index is 1190. The van der Waals surface area contributed by atoms with Crippen LogP contribution in [0.1, 0.15) is 30.0 Å². The van der Waals surface area contributed by atoms with E-state index in [9.17, 15) is 5.11 Å². The van der Waals surface area contributed by atoms with Crippen LogP contribution in [0.2, 0.25) is 0 Å². The summed E-state index contributed by atoms with van der Waals surface area (Å²) in [5, 5.41) is 19.6. The fraction of sp³-hybridized carbons (Fsp3) is 0.318. The summed E-state index contributed by atoms with van der Waals surface area (Å²) in [7, 11) is 1.88. The third-order valence-electron chi connectivity index (χ3n) is 5.72. The van der Waals surface area contributed by atoms with E-state index in [1.54, 1.807) is 4.68 Å². The lowest BCUT2D eigenvalue weighted by Gasteiger charge is -2.22. The van der Waals surface area contributed by atoms with Gasteiger partial charge in [0.1, 0.15) is 5.75 Å². The highest BCUT2D eigenvalue weighted by atomic mass is 16.3. The number of nitrogens with one attached hydrogen (secondary N) is 1. The van der Waals surface area contributed by atoms with Gasteiger partial charge in [-0.1, -0.05) is 0 Å². The molecule has 0 unspecified atom stereocenters. The van der Waals surface area contributed by atoms with Gasteiger partial charge in [-0.25, -0.2) is 4.98 Å². The zero-order valence-corrected chi connectivity index (χ0v) is 16.1. The molecular weight excluding hydrogens is 350 g/mol. The summed E-state index contributed by atoms with van der Waals surface area (Å²) in [5.74, 6) is 0.752. The van der Waals surface area contributed by atoms with Crippen LogP contribution in [0.3, 0.4) is 0 Å². The molecule has 1 fully saturated rings. The molecule has 1 aliphatic heterocycles. The molecule has 3 aromatic heterocycles. The third-order valence-corrected chi connectivity index (χ3v) is 5.72. The van der Waals surface area contributed by atoms with Gasteiger partial charge in [0.05, 0.1) is 22.2 Å². The van der Waals surface area contributed by atoms with E-state index in [-0.39, 0.29) is 5.75 Å². The summed E-state index contributed by atoms with van der Waals surface area (Å²) in [6, 6.07) is 10.1. The molecule has 5 rings (SSSR count). The van der Waals surface area contributed by atoms with Crippen LogP contribution in [0.4, 0.5) is 0 Å². The minimum absolute atomic E-state index is 0.234. The summed E-state index contributed by atoms with van der Waals surface area (Å²) in [6.07, 6.45) is 4.21. The van der Waals surface area contributed by atoms with Crippen molar-refractivity contribution in [2.75, 3.05) is 13.1 Å². The highest BCUT2D eigenvalue weighted by Gasteiger charge is 2.18. The molecule has 1 saturated heterocycles. The molecule has 28 heavy (non-hydrogen) atoms. The quantitative estimate of drug-likeness (QED) is 0.561. The van der Waals surface area contributed by atoms with E-state index in [1.165, 1.54) is 0 Å². The Morgan fingerprint density at radius 3 is 2.64 bits per heavy atom.